The van der Waals surface area contributed by atoms with Crippen molar-refractivity contribution in [2.45, 2.75) is 32.6 Å². The Hall–Kier alpha value is -3.15. The van der Waals surface area contributed by atoms with Gasteiger partial charge in [0.25, 0.3) is 5.91 Å². The molecule has 2 aromatic rings. The number of hydrogen-bond donors (Lipinski definition) is 2. The highest BCUT2D eigenvalue weighted by atomic mass is 16.3. The lowest BCUT2D eigenvalue weighted by Crippen LogP contribution is -2.37. The van der Waals surface area contributed by atoms with Crippen molar-refractivity contribution < 1.29 is 19.5 Å². The standard InChI is InChI=1S/C23H26N2O4/c1-16(26)25-13-11-17(12-14-25)7-9-21(27)20-15-19(8-10-22(20)28)24-23(29)18-5-3-2-4-6-18/h2-6,8,10,15,17,28H,7,9,11-14H2,1H3,(H,24,29). The summed E-state index contributed by atoms with van der Waals surface area (Å²) < 4.78 is 0. The van der Waals surface area contributed by atoms with E-state index in [1.54, 1.807) is 37.3 Å². The first-order valence-corrected chi connectivity index (χ1v) is 9.92. The van der Waals surface area contributed by atoms with Crippen molar-refractivity contribution in [3.63, 3.8) is 0 Å². The highest BCUT2D eigenvalue weighted by Crippen LogP contribution is 2.27. The summed E-state index contributed by atoms with van der Waals surface area (Å²) in [6, 6.07) is 13.3. The van der Waals surface area contributed by atoms with Crippen LogP contribution in [0.1, 0.15) is 53.3 Å². The van der Waals surface area contributed by atoms with Gasteiger partial charge in [0.15, 0.2) is 5.78 Å². The van der Waals surface area contributed by atoms with Gasteiger partial charge >= 0.3 is 0 Å². The predicted molar refractivity (Wildman–Crippen MR) is 111 cm³/mol. The van der Waals surface area contributed by atoms with Crippen LogP contribution in [0.2, 0.25) is 0 Å². The van der Waals surface area contributed by atoms with Crippen molar-refractivity contribution in [3.05, 3.63) is 59.7 Å². The van der Waals surface area contributed by atoms with Crippen LogP contribution in [0.25, 0.3) is 0 Å². The maximum Gasteiger partial charge on any atom is 0.255 e. The smallest absolute Gasteiger partial charge is 0.255 e. The minimum atomic E-state index is -0.271. The zero-order valence-electron chi connectivity index (χ0n) is 16.6. The molecule has 0 radical (unpaired) electrons. The topological polar surface area (TPSA) is 86.7 Å². The van der Waals surface area contributed by atoms with Crippen molar-refractivity contribution in [2.75, 3.05) is 18.4 Å². The number of nitrogens with zero attached hydrogens (tertiary/aromatic N) is 1. The summed E-state index contributed by atoms with van der Waals surface area (Å²) in [5.74, 6) is -0.00481. The molecule has 2 aromatic carbocycles. The summed E-state index contributed by atoms with van der Waals surface area (Å²) in [7, 11) is 0. The molecule has 0 bridgehead atoms. The quantitative estimate of drug-likeness (QED) is 0.575. The van der Waals surface area contributed by atoms with E-state index in [0.29, 0.717) is 23.6 Å². The summed E-state index contributed by atoms with van der Waals surface area (Å²) in [6.07, 6.45) is 2.84. The normalized spacial score (nSPS) is 14.4. The van der Waals surface area contributed by atoms with Crippen molar-refractivity contribution in [2.24, 2.45) is 5.92 Å². The molecule has 0 atom stereocenters. The SMILES string of the molecule is CC(=O)N1CCC(CCC(=O)c2cc(NC(=O)c3ccccc3)ccc2O)CC1. The number of carbonyl (C=O) groups is 3. The molecule has 152 valence electrons. The summed E-state index contributed by atoms with van der Waals surface area (Å²) >= 11 is 0. The van der Waals surface area contributed by atoms with Gasteiger partial charge in [0.1, 0.15) is 5.75 Å². The number of Topliss-reactive ketones (excluding diaryl/α,β-unsaturated/α-hetero) is 1. The van der Waals surface area contributed by atoms with Crippen LogP contribution >= 0.6 is 0 Å². The summed E-state index contributed by atoms with van der Waals surface area (Å²) in [4.78, 5) is 38.2. The average molecular weight is 394 g/mol. The second kappa shape index (κ2) is 9.37. The molecule has 2 amide bonds. The van der Waals surface area contributed by atoms with Crippen LogP contribution in [-0.4, -0.2) is 40.7 Å². The molecule has 2 N–H and O–H groups in total. The number of carbonyl (C=O) groups excluding carboxylic acids is 3. The molecule has 0 saturated carbocycles. The monoisotopic (exact) mass is 394 g/mol. The van der Waals surface area contributed by atoms with E-state index in [9.17, 15) is 19.5 Å². The fourth-order valence-corrected chi connectivity index (χ4v) is 3.64. The lowest BCUT2D eigenvalue weighted by atomic mass is 9.90. The zero-order chi connectivity index (χ0) is 20.8. The number of ketones is 1. The molecule has 0 spiro atoms. The Bertz CT molecular complexity index is 887. The van der Waals surface area contributed by atoms with E-state index >= 15 is 0 Å². The van der Waals surface area contributed by atoms with Crippen LogP contribution < -0.4 is 5.32 Å². The Balaban J connectivity index is 1.58. The molecule has 6 nitrogen and oxygen atoms in total. The third-order valence-corrected chi connectivity index (χ3v) is 5.43. The maximum atomic E-state index is 12.7. The molecule has 1 fully saturated rings. The van der Waals surface area contributed by atoms with Crippen molar-refractivity contribution >= 4 is 23.3 Å². The Morgan fingerprint density at radius 1 is 1.07 bits per heavy atom. The highest BCUT2D eigenvalue weighted by molar-refractivity contribution is 6.05. The first kappa shape index (κ1) is 20.6. The second-order valence-corrected chi connectivity index (χ2v) is 7.46. The van der Waals surface area contributed by atoms with Crippen molar-refractivity contribution in [3.8, 4) is 5.75 Å². The Kier molecular flexibility index (Phi) is 6.65. The number of rotatable bonds is 6. The van der Waals surface area contributed by atoms with Gasteiger partial charge in [-0.25, -0.2) is 0 Å². The van der Waals surface area contributed by atoms with E-state index in [0.717, 1.165) is 32.4 Å². The molecule has 0 aromatic heterocycles. The number of likely N-dealkylation sites (tertiary alicyclic amines) is 1. The molecule has 29 heavy (non-hydrogen) atoms. The van der Waals surface area contributed by atoms with E-state index in [1.807, 2.05) is 11.0 Å². The molecule has 1 heterocycles. The number of piperidine rings is 1. The molecule has 3 rings (SSSR count). The van der Waals surface area contributed by atoms with Gasteiger partial charge in [-0.2, -0.15) is 0 Å². The van der Waals surface area contributed by atoms with Crippen molar-refractivity contribution in [1.29, 1.82) is 0 Å². The summed E-state index contributed by atoms with van der Waals surface area (Å²) in [5, 5.41) is 12.9. The van der Waals surface area contributed by atoms with E-state index in [4.69, 9.17) is 0 Å². The Morgan fingerprint density at radius 2 is 1.76 bits per heavy atom. The first-order chi connectivity index (χ1) is 13.9. The predicted octanol–water partition coefficient (Wildman–Crippen LogP) is 3.87. The fraction of sp³-hybridized carbons (Fsp3) is 0.348. The Morgan fingerprint density at radius 3 is 2.41 bits per heavy atom. The maximum absolute atomic E-state index is 12.7. The zero-order valence-corrected chi connectivity index (χ0v) is 16.6. The van der Waals surface area contributed by atoms with Gasteiger partial charge in [0, 0.05) is 37.7 Å². The molecule has 6 heteroatoms. The minimum absolute atomic E-state index is 0.0842. The van der Waals surface area contributed by atoms with Crippen LogP contribution in [0.3, 0.4) is 0 Å². The van der Waals surface area contributed by atoms with Crippen molar-refractivity contribution in [1.82, 2.24) is 4.90 Å². The third-order valence-electron chi connectivity index (χ3n) is 5.43. The fourth-order valence-electron chi connectivity index (χ4n) is 3.64. The van der Waals surface area contributed by atoms with Crippen LogP contribution in [0.5, 0.6) is 5.75 Å². The summed E-state index contributed by atoms with van der Waals surface area (Å²) in [5.41, 5.74) is 1.21. The lowest BCUT2D eigenvalue weighted by molar-refractivity contribution is -0.130. The van der Waals surface area contributed by atoms with E-state index in [-0.39, 0.29) is 28.9 Å². The lowest BCUT2D eigenvalue weighted by Gasteiger charge is -2.31. The van der Waals surface area contributed by atoms with Gasteiger partial charge in [-0.05, 0) is 55.5 Å². The number of phenolic OH excluding ortho intramolecular Hbond substituents is 1. The largest absolute Gasteiger partial charge is 0.507 e. The second-order valence-electron chi connectivity index (χ2n) is 7.46. The van der Waals surface area contributed by atoms with E-state index in [1.165, 1.54) is 12.1 Å². The molecular formula is C23H26N2O4. The number of phenols is 1. The number of hydrogen-bond acceptors (Lipinski definition) is 4. The first-order valence-electron chi connectivity index (χ1n) is 9.92. The molecule has 1 aliphatic rings. The molecular weight excluding hydrogens is 368 g/mol. The van der Waals surface area contributed by atoms with Gasteiger partial charge in [0.2, 0.25) is 5.91 Å². The Labute approximate surface area is 170 Å². The molecule has 0 aliphatic carbocycles. The number of benzene rings is 2. The van der Waals surface area contributed by atoms with Gasteiger partial charge in [-0.15, -0.1) is 0 Å². The van der Waals surface area contributed by atoms with Gasteiger partial charge in [-0.3, -0.25) is 14.4 Å². The van der Waals surface area contributed by atoms with Gasteiger partial charge < -0.3 is 15.3 Å². The average Bonchev–Trinajstić information content (AvgIpc) is 2.74. The highest BCUT2D eigenvalue weighted by Gasteiger charge is 2.22. The van der Waals surface area contributed by atoms with Crippen LogP contribution in [0.15, 0.2) is 48.5 Å². The minimum Gasteiger partial charge on any atom is -0.507 e. The number of aromatic hydroxyl groups is 1. The van der Waals surface area contributed by atoms with Gasteiger partial charge in [-0.1, -0.05) is 18.2 Å². The van der Waals surface area contributed by atoms with E-state index in [2.05, 4.69) is 5.32 Å². The number of amides is 2. The molecule has 1 aliphatic heterocycles. The van der Waals surface area contributed by atoms with Crippen LogP contribution in [0.4, 0.5) is 5.69 Å². The summed E-state index contributed by atoms with van der Waals surface area (Å²) in [6.45, 7) is 3.05. The molecule has 1 saturated heterocycles. The van der Waals surface area contributed by atoms with Crippen LogP contribution in [-0.2, 0) is 4.79 Å². The number of anilines is 1. The third kappa shape index (κ3) is 5.44. The molecule has 0 unspecified atom stereocenters. The number of nitrogens with one attached hydrogen (secondary N) is 1. The van der Waals surface area contributed by atoms with Gasteiger partial charge in [0.05, 0.1) is 5.56 Å². The van der Waals surface area contributed by atoms with E-state index < -0.39 is 0 Å². The van der Waals surface area contributed by atoms with Crippen LogP contribution in [0, 0.1) is 5.92 Å².